The fourth-order valence-corrected chi connectivity index (χ4v) is 2.52. The molecule has 0 aliphatic carbocycles. The second-order valence-corrected chi connectivity index (χ2v) is 5.67. The number of ether oxygens (including phenoxy) is 1. The van der Waals surface area contributed by atoms with E-state index in [4.69, 9.17) is 10.1 Å². The molecule has 0 fully saturated rings. The van der Waals surface area contributed by atoms with Crippen molar-refractivity contribution in [2.75, 3.05) is 27.7 Å². The topological polar surface area (TPSA) is 82.5 Å². The highest BCUT2D eigenvalue weighted by molar-refractivity contribution is 7.98. The first-order chi connectivity index (χ1) is 10.9. The molecule has 124 valence electrons. The third-order valence-electron chi connectivity index (χ3n) is 3.00. The van der Waals surface area contributed by atoms with E-state index >= 15 is 0 Å². The number of nitrogens with one attached hydrogen (secondary N) is 2. The zero-order chi connectivity index (χ0) is 17.5. The number of amides is 4. The Hall–Kier alpha value is -2.32. The number of amidine groups is 1. The molecular formula is C15H21N4O3S+. The molecule has 1 atom stereocenters. The largest absolute Gasteiger partial charge is 0.445 e. The smallest absolute Gasteiger partial charge is 0.439 e. The maximum absolute atomic E-state index is 12.7. The normalized spacial score (nSPS) is 12.7. The second-order valence-electron chi connectivity index (χ2n) is 4.79. The molecule has 23 heavy (non-hydrogen) atoms. The molecule has 1 unspecified atom stereocenters. The molecule has 0 aliphatic rings. The quantitative estimate of drug-likeness (QED) is 0.291. The summed E-state index contributed by atoms with van der Waals surface area (Å²) >= 11 is 1.07. The number of carbonyl (C=O) groups excluding carboxylic acids is 2. The van der Waals surface area contributed by atoms with Crippen LogP contribution in [0.1, 0.15) is 0 Å². The molecule has 0 bridgehead atoms. The van der Waals surface area contributed by atoms with Crippen LogP contribution in [0.2, 0.25) is 0 Å². The van der Waals surface area contributed by atoms with Crippen molar-refractivity contribution in [3.05, 3.63) is 43.0 Å². The van der Waals surface area contributed by atoms with Gasteiger partial charge in [0.25, 0.3) is 0 Å². The van der Waals surface area contributed by atoms with Gasteiger partial charge < -0.3 is 4.74 Å². The van der Waals surface area contributed by atoms with Gasteiger partial charge >= 0.3 is 18.1 Å². The molecule has 0 aromatic heterocycles. The number of hydrogen-bond acceptors (Lipinski definition) is 5. The lowest BCUT2D eigenvalue weighted by Crippen LogP contribution is -2.66. The first-order valence-electron chi connectivity index (χ1n) is 6.76. The number of nitrogens with zero attached hydrogens (tertiary/aromatic N) is 2. The van der Waals surface area contributed by atoms with Crippen molar-refractivity contribution in [1.82, 2.24) is 9.62 Å². The van der Waals surface area contributed by atoms with Crippen LogP contribution in [0.15, 0.2) is 47.9 Å². The van der Waals surface area contributed by atoms with Crippen LogP contribution in [0.4, 0.5) is 9.59 Å². The number of rotatable bonds is 4. The van der Waals surface area contributed by atoms with Crippen LogP contribution in [0.3, 0.4) is 0 Å². The molecular weight excluding hydrogens is 316 g/mol. The van der Waals surface area contributed by atoms with Crippen molar-refractivity contribution in [1.29, 1.82) is 5.41 Å². The molecule has 1 rings (SSSR count). The van der Waals surface area contributed by atoms with E-state index in [1.807, 2.05) is 30.3 Å². The fourth-order valence-electron chi connectivity index (χ4n) is 1.87. The van der Waals surface area contributed by atoms with Crippen LogP contribution in [0.25, 0.3) is 0 Å². The van der Waals surface area contributed by atoms with Crippen molar-refractivity contribution < 1.29 is 18.8 Å². The van der Waals surface area contributed by atoms with Crippen LogP contribution in [-0.2, 0) is 4.74 Å². The minimum absolute atomic E-state index is 0.0924. The zero-order valence-corrected chi connectivity index (χ0v) is 14.2. The summed E-state index contributed by atoms with van der Waals surface area (Å²) in [7, 11) is 4.27. The number of hydrogen-bond donors (Lipinski definition) is 2. The number of benzene rings is 1. The van der Waals surface area contributed by atoms with Gasteiger partial charge in [-0.25, -0.2) is 19.7 Å². The van der Waals surface area contributed by atoms with Gasteiger partial charge in [0, 0.05) is 19.0 Å². The average molecular weight is 337 g/mol. The highest BCUT2D eigenvalue weighted by Crippen LogP contribution is 2.19. The summed E-state index contributed by atoms with van der Waals surface area (Å²) < 4.78 is 6.56. The Morgan fingerprint density at radius 2 is 2.00 bits per heavy atom. The van der Waals surface area contributed by atoms with Gasteiger partial charge in [-0.1, -0.05) is 29.3 Å². The lowest BCUT2D eigenvalue weighted by molar-refractivity contribution is -0.679. The lowest BCUT2D eigenvalue weighted by atomic mass is 10.4. The van der Waals surface area contributed by atoms with E-state index in [9.17, 15) is 9.59 Å². The van der Waals surface area contributed by atoms with Crippen LogP contribution in [-0.4, -0.2) is 55.2 Å². The van der Waals surface area contributed by atoms with E-state index in [0.29, 0.717) is 0 Å². The maximum atomic E-state index is 12.7. The Morgan fingerprint density at radius 3 is 2.48 bits per heavy atom. The Balaban J connectivity index is 3.10. The van der Waals surface area contributed by atoms with Crippen molar-refractivity contribution in [3.63, 3.8) is 0 Å². The number of quaternary nitrogens is 1. The molecule has 0 aliphatic heterocycles. The van der Waals surface area contributed by atoms with Crippen molar-refractivity contribution >= 4 is 30.0 Å². The molecule has 0 saturated carbocycles. The summed E-state index contributed by atoms with van der Waals surface area (Å²) in [5, 5.41) is 7.97. The Morgan fingerprint density at radius 1 is 1.39 bits per heavy atom. The minimum atomic E-state index is -0.952. The highest BCUT2D eigenvalue weighted by atomic mass is 32.2. The summed E-state index contributed by atoms with van der Waals surface area (Å²) in [5.41, 5.74) is 0. The van der Waals surface area contributed by atoms with E-state index in [2.05, 4.69) is 11.3 Å². The first-order valence-corrected chi connectivity index (χ1v) is 7.58. The standard InChI is InChI=1S/C15H20N4O3S/c1-5-11-19(13(16)22-4,15(21)18(2)3)14(20)17-23-12-9-7-6-8-10-12/h5-10,16H,1,11H2,2-4H3/p+1. The highest BCUT2D eigenvalue weighted by Gasteiger charge is 2.52. The maximum Gasteiger partial charge on any atom is 0.445 e. The summed E-state index contributed by atoms with van der Waals surface area (Å²) in [4.78, 5) is 27.3. The third-order valence-corrected chi connectivity index (χ3v) is 3.78. The van der Waals surface area contributed by atoms with Gasteiger partial charge in [0.05, 0.1) is 7.11 Å². The van der Waals surface area contributed by atoms with Crippen LogP contribution in [0.5, 0.6) is 0 Å². The molecule has 1 aromatic rings. The van der Waals surface area contributed by atoms with E-state index < -0.39 is 22.6 Å². The van der Waals surface area contributed by atoms with Crippen molar-refractivity contribution in [3.8, 4) is 0 Å². The Kier molecular flexibility index (Phi) is 6.80. The van der Waals surface area contributed by atoms with E-state index in [1.165, 1.54) is 32.2 Å². The van der Waals surface area contributed by atoms with Crippen LogP contribution in [0, 0.1) is 5.41 Å². The van der Waals surface area contributed by atoms with E-state index in [0.717, 1.165) is 16.8 Å². The molecule has 0 radical (unpaired) electrons. The Labute approximate surface area is 140 Å². The third kappa shape index (κ3) is 4.11. The van der Waals surface area contributed by atoms with Crippen LogP contribution < -0.4 is 4.72 Å². The van der Waals surface area contributed by atoms with Gasteiger partial charge in [-0.3, -0.25) is 4.90 Å². The second kappa shape index (κ2) is 8.35. The van der Waals surface area contributed by atoms with Gasteiger partial charge in [-0.15, -0.1) is 0 Å². The number of methoxy groups -OCH3 is 1. The summed E-state index contributed by atoms with van der Waals surface area (Å²) in [6.45, 7) is 3.49. The van der Waals surface area contributed by atoms with Gasteiger partial charge in [0.1, 0.15) is 6.54 Å². The average Bonchev–Trinajstić information content (AvgIpc) is 2.57. The molecule has 0 saturated heterocycles. The molecule has 4 amide bonds. The SMILES string of the molecule is C=CC[N+](C(=N)OC)(C(=O)NSc1ccccc1)C(=O)N(C)C. The number of imide groups is 1. The van der Waals surface area contributed by atoms with Crippen molar-refractivity contribution in [2.45, 2.75) is 4.90 Å². The predicted octanol–water partition coefficient (Wildman–Crippen LogP) is 2.67. The van der Waals surface area contributed by atoms with Crippen molar-refractivity contribution in [2.24, 2.45) is 0 Å². The fraction of sp³-hybridized carbons (Fsp3) is 0.267. The van der Waals surface area contributed by atoms with Gasteiger partial charge in [0.15, 0.2) is 0 Å². The molecule has 0 spiro atoms. The molecule has 2 N–H and O–H groups in total. The Bertz CT molecular complexity index is 592. The van der Waals surface area contributed by atoms with Gasteiger partial charge in [-0.2, -0.15) is 0 Å². The predicted molar refractivity (Wildman–Crippen MR) is 90.0 cm³/mol. The molecule has 1 aromatic carbocycles. The van der Waals surface area contributed by atoms with Crippen LogP contribution >= 0.6 is 11.9 Å². The van der Waals surface area contributed by atoms with Gasteiger partial charge in [0.2, 0.25) is 0 Å². The first kappa shape index (κ1) is 18.7. The summed E-state index contributed by atoms with van der Waals surface area (Å²) in [6.07, 6.45) is 1.40. The lowest BCUT2D eigenvalue weighted by Gasteiger charge is -2.31. The van der Waals surface area contributed by atoms with E-state index in [1.54, 1.807) is 0 Å². The summed E-state index contributed by atoms with van der Waals surface area (Å²) in [6, 6.07) is 7.43. The van der Waals surface area contributed by atoms with Gasteiger partial charge in [-0.05, 0) is 30.2 Å². The zero-order valence-electron chi connectivity index (χ0n) is 13.4. The van der Waals surface area contributed by atoms with E-state index in [-0.39, 0.29) is 6.54 Å². The molecule has 7 nitrogen and oxygen atoms in total. The molecule has 0 heterocycles. The monoisotopic (exact) mass is 337 g/mol. The number of carbonyl (C=O) groups is 2. The summed E-state index contributed by atoms with van der Waals surface area (Å²) in [5.74, 6) is 0. The molecule has 8 heteroatoms. The minimum Gasteiger partial charge on any atom is -0.439 e. The number of urea groups is 2.